The molecule has 0 amide bonds. The second kappa shape index (κ2) is 14.2. The van der Waals surface area contributed by atoms with Crippen molar-refractivity contribution < 1.29 is 8.78 Å². The second-order valence-corrected chi connectivity index (χ2v) is 17.0. The molecule has 0 atom stereocenters. The molecule has 0 aliphatic heterocycles. The highest BCUT2D eigenvalue weighted by molar-refractivity contribution is 6.29. The molecule has 0 fully saturated rings. The quantitative estimate of drug-likeness (QED) is 0.147. The first-order valence-corrected chi connectivity index (χ1v) is 21.8. The molecule has 64 heavy (non-hydrogen) atoms. The van der Waals surface area contributed by atoms with Gasteiger partial charge in [-0.3, -0.25) is 0 Å². The zero-order chi connectivity index (χ0) is 42.5. The summed E-state index contributed by atoms with van der Waals surface area (Å²) in [5.41, 5.74) is 13.7. The van der Waals surface area contributed by atoms with E-state index in [1.165, 1.54) is 133 Å². The van der Waals surface area contributed by atoms with Crippen molar-refractivity contribution in [2.45, 2.75) is 0 Å². The Morgan fingerprint density at radius 1 is 0.203 bits per heavy atom. The summed E-state index contributed by atoms with van der Waals surface area (Å²) in [6.45, 7) is 0. The van der Waals surface area contributed by atoms with Gasteiger partial charge in [-0.15, -0.1) is 0 Å². The smallest absolute Gasteiger partial charge is 0.123 e. The van der Waals surface area contributed by atoms with Crippen molar-refractivity contribution in [2.75, 3.05) is 0 Å². The minimum absolute atomic E-state index is 0.228. The third-order valence-electron chi connectivity index (χ3n) is 13.6. The van der Waals surface area contributed by atoms with E-state index in [4.69, 9.17) is 0 Å². The Kier molecular flexibility index (Phi) is 8.07. The average molecular weight is 819 g/mol. The highest BCUT2D eigenvalue weighted by Gasteiger charge is 2.17. The van der Waals surface area contributed by atoms with Gasteiger partial charge in [0.05, 0.1) is 0 Å². The van der Waals surface area contributed by atoms with E-state index >= 15 is 0 Å². The fourth-order valence-corrected chi connectivity index (χ4v) is 10.4. The van der Waals surface area contributed by atoms with Gasteiger partial charge >= 0.3 is 0 Å². The van der Waals surface area contributed by atoms with Gasteiger partial charge in [0.2, 0.25) is 0 Å². The van der Waals surface area contributed by atoms with E-state index in [9.17, 15) is 8.78 Å². The first-order chi connectivity index (χ1) is 31.5. The molecule has 0 unspecified atom stereocenters. The highest BCUT2D eigenvalue weighted by atomic mass is 19.1. The first kappa shape index (κ1) is 36.5. The molecule has 298 valence electrons. The van der Waals surface area contributed by atoms with E-state index in [0.717, 1.165) is 22.3 Å². The Hall–Kier alpha value is -8.20. The lowest BCUT2D eigenvalue weighted by Crippen LogP contribution is -1.90. The van der Waals surface area contributed by atoms with Crippen LogP contribution in [0.3, 0.4) is 0 Å². The summed E-state index contributed by atoms with van der Waals surface area (Å²) in [5, 5.41) is 14.6. The topological polar surface area (TPSA) is 0 Å². The molecular formula is C62H36F2. The largest absolute Gasteiger partial charge is 0.207 e. The number of hydrogen-bond acceptors (Lipinski definition) is 0. The monoisotopic (exact) mass is 818 g/mol. The Morgan fingerprint density at radius 2 is 0.453 bits per heavy atom. The molecule has 13 aromatic carbocycles. The molecule has 0 saturated carbocycles. The Balaban J connectivity index is 0.819. The van der Waals surface area contributed by atoms with Crippen LogP contribution in [0.1, 0.15) is 0 Å². The molecule has 0 saturated heterocycles. The van der Waals surface area contributed by atoms with Crippen molar-refractivity contribution in [1.82, 2.24) is 0 Å². The van der Waals surface area contributed by atoms with E-state index in [2.05, 4.69) is 170 Å². The standard InChI is InChI=1S/C62H36F2/c63-49-24-12-41(13-25-49)53-30-18-45-20-32-55-51(28-16-43-22-34-57(53)61(45)59(43)55)39-8-4-37(5-9-39)47-2-1-3-48(36-47)38-6-10-40(11-7-38)52-29-17-44-23-35-58-54(42-14-26-50(64)27-15-42)31-19-46-21-33-56(52)60(44)62(46)58/h1-36H. The predicted molar refractivity (Wildman–Crippen MR) is 266 cm³/mol. The molecule has 0 aliphatic rings. The Labute approximate surface area is 368 Å². The number of rotatable bonds is 6. The average Bonchev–Trinajstić information content (AvgIpc) is 3.35. The summed E-state index contributed by atoms with van der Waals surface area (Å²) in [6, 6.07) is 75.8. The fourth-order valence-electron chi connectivity index (χ4n) is 10.4. The van der Waals surface area contributed by atoms with Crippen LogP contribution in [-0.2, 0) is 0 Å². The van der Waals surface area contributed by atoms with E-state index in [1.54, 1.807) is 0 Å². The maximum absolute atomic E-state index is 13.8. The van der Waals surface area contributed by atoms with Gasteiger partial charge < -0.3 is 0 Å². The first-order valence-electron chi connectivity index (χ1n) is 21.8. The fraction of sp³-hybridized carbons (Fsp3) is 0. The zero-order valence-electron chi connectivity index (χ0n) is 34.5. The number of halogens is 2. The molecule has 0 bridgehead atoms. The van der Waals surface area contributed by atoms with Crippen LogP contribution in [0.4, 0.5) is 8.78 Å². The van der Waals surface area contributed by atoms with Crippen molar-refractivity contribution >= 4 is 64.6 Å². The molecule has 0 radical (unpaired) electrons. The molecule has 0 N–H and O–H groups in total. The van der Waals surface area contributed by atoms with Gasteiger partial charge in [0, 0.05) is 0 Å². The number of hydrogen-bond donors (Lipinski definition) is 0. The van der Waals surface area contributed by atoms with E-state index < -0.39 is 0 Å². The lowest BCUT2D eigenvalue weighted by Gasteiger charge is -2.17. The zero-order valence-corrected chi connectivity index (χ0v) is 34.5. The van der Waals surface area contributed by atoms with Gasteiger partial charge in [-0.2, -0.15) is 0 Å². The Bertz CT molecular complexity index is 3660. The molecule has 0 nitrogen and oxygen atoms in total. The van der Waals surface area contributed by atoms with Gasteiger partial charge in [-0.1, -0.05) is 188 Å². The van der Waals surface area contributed by atoms with Crippen molar-refractivity contribution in [3.05, 3.63) is 230 Å². The van der Waals surface area contributed by atoms with Crippen LogP contribution in [-0.4, -0.2) is 0 Å². The normalized spacial score (nSPS) is 11.9. The van der Waals surface area contributed by atoms with Gasteiger partial charge in [0.25, 0.3) is 0 Å². The molecule has 2 heteroatoms. The summed E-state index contributed by atoms with van der Waals surface area (Å²) >= 11 is 0. The highest BCUT2D eigenvalue weighted by Crippen LogP contribution is 2.45. The lowest BCUT2D eigenvalue weighted by molar-refractivity contribution is 0.627. The molecule has 0 spiro atoms. The molecule has 0 aliphatic carbocycles. The summed E-state index contributed by atoms with van der Waals surface area (Å²) in [7, 11) is 0. The van der Waals surface area contributed by atoms with E-state index in [1.807, 2.05) is 24.3 Å². The van der Waals surface area contributed by atoms with Crippen molar-refractivity contribution in [1.29, 1.82) is 0 Å². The van der Waals surface area contributed by atoms with Gasteiger partial charge in [-0.05, 0) is 162 Å². The third kappa shape index (κ3) is 5.73. The van der Waals surface area contributed by atoms with Gasteiger partial charge in [-0.25, -0.2) is 8.78 Å². The van der Waals surface area contributed by atoms with Crippen LogP contribution in [0.25, 0.3) is 131 Å². The minimum Gasteiger partial charge on any atom is -0.207 e. The van der Waals surface area contributed by atoms with Crippen LogP contribution in [0.2, 0.25) is 0 Å². The third-order valence-corrected chi connectivity index (χ3v) is 13.6. The summed E-state index contributed by atoms with van der Waals surface area (Å²) in [5.74, 6) is -0.456. The van der Waals surface area contributed by atoms with Crippen LogP contribution in [0.15, 0.2) is 218 Å². The Morgan fingerprint density at radius 3 is 0.750 bits per heavy atom. The van der Waals surface area contributed by atoms with Crippen LogP contribution >= 0.6 is 0 Å². The van der Waals surface area contributed by atoms with Crippen LogP contribution < -0.4 is 0 Å². The second-order valence-electron chi connectivity index (χ2n) is 17.0. The van der Waals surface area contributed by atoms with Crippen LogP contribution in [0.5, 0.6) is 0 Å². The number of benzene rings is 13. The summed E-state index contributed by atoms with van der Waals surface area (Å²) in [6.07, 6.45) is 0. The van der Waals surface area contributed by atoms with Crippen molar-refractivity contribution in [3.63, 3.8) is 0 Å². The predicted octanol–water partition coefficient (Wildman–Crippen LogP) is 17.8. The SMILES string of the molecule is Fc1ccc(-c2ccc3ccc4c(-c5ccc(-c6cccc(-c7ccc(-c8ccc9ccc%10c(-c%11ccc(F)cc%11)ccc%11ccc8c9c%11%10)cc7)c6)cc5)ccc5ccc2c3c54)cc1. The van der Waals surface area contributed by atoms with Gasteiger partial charge in [0.15, 0.2) is 0 Å². The molecule has 0 aromatic heterocycles. The van der Waals surface area contributed by atoms with Crippen molar-refractivity contribution in [3.8, 4) is 66.8 Å². The van der Waals surface area contributed by atoms with Crippen molar-refractivity contribution in [2.24, 2.45) is 0 Å². The minimum atomic E-state index is -0.228. The van der Waals surface area contributed by atoms with E-state index in [0.29, 0.717) is 0 Å². The molecular weight excluding hydrogens is 783 g/mol. The lowest BCUT2D eigenvalue weighted by atomic mass is 9.87. The summed E-state index contributed by atoms with van der Waals surface area (Å²) < 4.78 is 27.7. The molecule has 13 rings (SSSR count). The van der Waals surface area contributed by atoms with Gasteiger partial charge in [0.1, 0.15) is 11.6 Å². The maximum Gasteiger partial charge on any atom is 0.123 e. The maximum atomic E-state index is 13.8. The molecule has 13 aromatic rings. The molecule has 0 heterocycles. The summed E-state index contributed by atoms with van der Waals surface area (Å²) in [4.78, 5) is 0. The van der Waals surface area contributed by atoms with Crippen LogP contribution in [0, 0.1) is 11.6 Å². The van der Waals surface area contributed by atoms with E-state index in [-0.39, 0.29) is 11.6 Å².